The lowest BCUT2D eigenvalue weighted by molar-refractivity contribution is 0.0832. The Kier molecular flexibility index (Phi) is 4.08. The Morgan fingerprint density at radius 2 is 1.90 bits per heavy atom. The second kappa shape index (κ2) is 5.80. The number of hydrogen-bond acceptors (Lipinski definition) is 3. The van der Waals surface area contributed by atoms with E-state index >= 15 is 0 Å². The molecule has 7 nitrogen and oxygen atoms in total. The van der Waals surface area contributed by atoms with Crippen molar-refractivity contribution in [1.82, 2.24) is 4.90 Å². The molecule has 1 amide bonds. The first-order valence-corrected chi connectivity index (χ1v) is 6.87. The second-order valence-corrected chi connectivity index (χ2v) is 5.62. The molecule has 0 spiro atoms. The molecule has 0 aliphatic rings. The molecule has 0 unspecified atom stereocenters. The lowest BCUT2D eigenvalue weighted by Gasteiger charge is -2.06. The van der Waals surface area contributed by atoms with Gasteiger partial charge in [-0.2, -0.15) is 4.99 Å². The van der Waals surface area contributed by atoms with Gasteiger partial charge in [0.05, 0.1) is 10.6 Å². The lowest BCUT2D eigenvalue weighted by Crippen LogP contribution is -2.26. The highest BCUT2D eigenvalue weighted by atomic mass is 32.1. The molecule has 6 N–H and O–H groups in total. The molecule has 2 rings (SSSR count). The van der Waals surface area contributed by atoms with Crippen molar-refractivity contribution in [1.29, 1.82) is 0 Å². The van der Waals surface area contributed by atoms with E-state index in [9.17, 15) is 4.79 Å². The van der Waals surface area contributed by atoms with Crippen LogP contribution in [0.3, 0.4) is 0 Å². The van der Waals surface area contributed by atoms with Gasteiger partial charge in [0.15, 0.2) is 5.96 Å². The molecule has 110 valence electrons. The lowest BCUT2D eigenvalue weighted by atomic mass is 10.2. The van der Waals surface area contributed by atoms with Crippen molar-refractivity contribution in [3.63, 3.8) is 0 Å². The summed E-state index contributed by atoms with van der Waals surface area (Å²) in [5.41, 5.74) is 16.7. The Bertz CT molecular complexity index is 742. The average molecular weight is 304 g/mol. The van der Waals surface area contributed by atoms with E-state index in [1.54, 1.807) is 25.1 Å². The van der Waals surface area contributed by atoms with Gasteiger partial charge in [0, 0.05) is 18.8 Å². The van der Waals surface area contributed by atoms with Crippen molar-refractivity contribution in [2.24, 2.45) is 27.2 Å². The van der Waals surface area contributed by atoms with Crippen LogP contribution in [-0.2, 0) is 0 Å². The zero-order chi connectivity index (χ0) is 15.6. The number of rotatable bonds is 2. The van der Waals surface area contributed by atoms with Crippen molar-refractivity contribution < 1.29 is 4.79 Å². The minimum atomic E-state index is -0.147. The summed E-state index contributed by atoms with van der Waals surface area (Å²) in [6, 6.07) is 7.33. The van der Waals surface area contributed by atoms with Crippen LogP contribution in [0.15, 0.2) is 34.3 Å². The molecule has 2 aromatic rings. The maximum Gasteiger partial charge on any atom is 0.263 e. The summed E-state index contributed by atoms with van der Waals surface area (Å²) < 4.78 is 1.000. The quantitative estimate of drug-likeness (QED) is 0.561. The Hall–Kier alpha value is -2.61. The summed E-state index contributed by atoms with van der Waals surface area (Å²) in [7, 11) is 3.44. The van der Waals surface area contributed by atoms with Crippen LogP contribution in [0.25, 0.3) is 10.1 Å². The predicted octanol–water partition coefficient (Wildman–Crippen LogP) is 0.823. The monoisotopic (exact) mass is 304 g/mol. The smallest absolute Gasteiger partial charge is 0.263 e. The predicted molar refractivity (Wildman–Crippen MR) is 86.9 cm³/mol. The third-order valence-corrected chi connectivity index (χ3v) is 3.71. The number of aliphatic imine (C=N–C) groups is 2. The van der Waals surface area contributed by atoms with Gasteiger partial charge >= 0.3 is 0 Å². The number of benzene rings is 1. The number of nitrogens with two attached hydrogens (primary N) is 3. The first-order valence-electron chi connectivity index (χ1n) is 6.06. The van der Waals surface area contributed by atoms with Gasteiger partial charge in [0.1, 0.15) is 0 Å². The topological polar surface area (TPSA) is 123 Å². The molecular formula is C13H16N6OS. The van der Waals surface area contributed by atoms with Crippen molar-refractivity contribution in [2.45, 2.75) is 0 Å². The number of hydrogen-bond donors (Lipinski definition) is 3. The summed E-state index contributed by atoms with van der Waals surface area (Å²) in [5, 5.41) is 0.920. The number of guanidine groups is 2. The molecule has 0 radical (unpaired) electrons. The molecule has 0 fully saturated rings. The molecule has 0 saturated carbocycles. The van der Waals surface area contributed by atoms with Crippen molar-refractivity contribution >= 4 is 44.9 Å². The molecule has 8 heteroatoms. The highest BCUT2D eigenvalue weighted by Crippen LogP contribution is 2.29. The van der Waals surface area contributed by atoms with Crippen LogP contribution in [0.4, 0.5) is 5.69 Å². The molecular weight excluding hydrogens is 288 g/mol. The molecule has 0 atom stereocenters. The number of amides is 1. The third-order valence-electron chi connectivity index (χ3n) is 2.60. The van der Waals surface area contributed by atoms with Gasteiger partial charge in [0.2, 0.25) is 5.96 Å². The van der Waals surface area contributed by atoms with Gasteiger partial charge in [-0.25, -0.2) is 4.99 Å². The SMILES string of the molecule is CN(C)C(=O)c1cc2cc(N=C(N)N=C(N)N)ccc2s1. The van der Waals surface area contributed by atoms with E-state index in [4.69, 9.17) is 17.2 Å². The molecule has 1 aromatic carbocycles. The molecule has 0 aliphatic heterocycles. The van der Waals surface area contributed by atoms with E-state index in [0.29, 0.717) is 10.6 Å². The van der Waals surface area contributed by atoms with Gasteiger partial charge in [-0.1, -0.05) is 0 Å². The molecule has 1 heterocycles. The average Bonchev–Trinajstić information content (AvgIpc) is 2.79. The summed E-state index contributed by atoms with van der Waals surface area (Å²) >= 11 is 1.43. The first kappa shape index (κ1) is 14.8. The highest BCUT2D eigenvalue weighted by Gasteiger charge is 2.12. The van der Waals surface area contributed by atoms with E-state index in [2.05, 4.69) is 9.98 Å². The minimum absolute atomic E-state index is 0.0193. The van der Waals surface area contributed by atoms with Gasteiger partial charge in [-0.05, 0) is 29.7 Å². The maximum absolute atomic E-state index is 11.9. The van der Waals surface area contributed by atoms with E-state index in [-0.39, 0.29) is 17.8 Å². The van der Waals surface area contributed by atoms with Crippen LogP contribution in [0.2, 0.25) is 0 Å². The number of carbonyl (C=O) groups is 1. The molecule has 1 aromatic heterocycles. The Labute approximate surface area is 125 Å². The number of carbonyl (C=O) groups excluding carboxylic acids is 1. The fourth-order valence-corrected chi connectivity index (χ4v) is 2.78. The van der Waals surface area contributed by atoms with Gasteiger partial charge in [-0.15, -0.1) is 11.3 Å². The Balaban J connectivity index is 2.38. The van der Waals surface area contributed by atoms with Gasteiger partial charge < -0.3 is 22.1 Å². The largest absolute Gasteiger partial charge is 0.370 e. The van der Waals surface area contributed by atoms with Crippen molar-refractivity contribution in [3.8, 4) is 0 Å². The van der Waals surface area contributed by atoms with Crippen molar-refractivity contribution in [3.05, 3.63) is 29.1 Å². The van der Waals surface area contributed by atoms with E-state index in [1.807, 2.05) is 18.2 Å². The van der Waals surface area contributed by atoms with Crippen LogP contribution in [0.1, 0.15) is 9.67 Å². The summed E-state index contributed by atoms with van der Waals surface area (Å²) in [5.74, 6) is -0.192. The van der Waals surface area contributed by atoms with Gasteiger partial charge in [0.25, 0.3) is 5.91 Å². The van der Waals surface area contributed by atoms with Crippen LogP contribution >= 0.6 is 11.3 Å². The van der Waals surface area contributed by atoms with Crippen molar-refractivity contribution in [2.75, 3.05) is 14.1 Å². The fraction of sp³-hybridized carbons (Fsp3) is 0.154. The first-order chi connectivity index (χ1) is 9.86. The van der Waals surface area contributed by atoms with E-state index in [0.717, 1.165) is 10.1 Å². The Morgan fingerprint density at radius 1 is 1.19 bits per heavy atom. The normalized spacial score (nSPS) is 11.4. The van der Waals surface area contributed by atoms with E-state index in [1.165, 1.54) is 11.3 Å². The highest BCUT2D eigenvalue weighted by molar-refractivity contribution is 7.20. The van der Waals surface area contributed by atoms with Gasteiger partial charge in [-0.3, -0.25) is 4.79 Å². The van der Waals surface area contributed by atoms with Crippen LogP contribution in [0, 0.1) is 0 Å². The van der Waals surface area contributed by atoms with Crippen LogP contribution < -0.4 is 17.2 Å². The fourth-order valence-electron chi connectivity index (χ4n) is 1.72. The third kappa shape index (κ3) is 3.48. The summed E-state index contributed by atoms with van der Waals surface area (Å²) in [6.07, 6.45) is 0. The molecule has 0 bridgehead atoms. The zero-order valence-corrected chi connectivity index (χ0v) is 12.5. The number of fused-ring (bicyclic) bond motifs is 1. The summed E-state index contributed by atoms with van der Waals surface area (Å²) in [6.45, 7) is 0. The minimum Gasteiger partial charge on any atom is -0.370 e. The molecule has 0 saturated heterocycles. The maximum atomic E-state index is 11.9. The standard InChI is InChI=1S/C13H16N6OS/c1-19(2)11(20)10-6-7-5-8(3-4-9(7)21-10)17-13(16)18-12(14)15/h3-6H,1-2H3,(H6,14,15,16,17,18). The summed E-state index contributed by atoms with van der Waals surface area (Å²) in [4.78, 5) is 21.9. The van der Waals surface area contributed by atoms with Crippen LogP contribution in [-0.4, -0.2) is 36.8 Å². The molecule has 21 heavy (non-hydrogen) atoms. The molecule has 0 aliphatic carbocycles. The Morgan fingerprint density at radius 3 is 2.52 bits per heavy atom. The number of nitrogens with zero attached hydrogens (tertiary/aromatic N) is 3. The second-order valence-electron chi connectivity index (χ2n) is 4.54. The van der Waals surface area contributed by atoms with Crippen LogP contribution in [0.5, 0.6) is 0 Å². The number of thiophene rings is 1. The van der Waals surface area contributed by atoms with E-state index < -0.39 is 0 Å². The zero-order valence-electron chi connectivity index (χ0n) is 11.7.